The molecular formula is C20H15N5O2S. The molecule has 0 saturated heterocycles. The number of aromatic nitrogens is 3. The number of amides is 2. The molecule has 2 amide bonds. The molecular weight excluding hydrogens is 374 g/mol. The lowest BCUT2D eigenvalue weighted by atomic mass is 10.1. The van der Waals surface area contributed by atoms with Gasteiger partial charge in [0.2, 0.25) is 0 Å². The third-order valence-electron chi connectivity index (χ3n) is 4.60. The quantitative estimate of drug-likeness (QED) is 0.522. The number of hydrogen-bond donors (Lipinski definition) is 1. The molecule has 5 rings (SSSR count). The van der Waals surface area contributed by atoms with Crippen LogP contribution in [-0.2, 0) is 0 Å². The molecule has 0 radical (unpaired) electrons. The standard InChI is InChI=1S/C20H15N5O2S/c1-11-7-13(27-14-8-21-10-22-9-14)3-4-15(11)25-16-5-6-23-19-17(16)18(12(2)28-19)24-20(25)26/h3-10H,1-2H3,(H,24,26). The zero-order chi connectivity index (χ0) is 19.3. The Labute approximate surface area is 164 Å². The summed E-state index contributed by atoms with van der Waals surface area (Å²) in [5, 5.41) is 3.99. The Kier molecular flexibility index (Phi) is 3.73. The van der Waals surface area contributed by atoms with Crippen LogP contribution in [0, 0.1) is 13.8 Å². The molecule has 8 heteroatoms. The van der Waals surface area contributed by atoms with Gasteiger partial charge < -0.3 is 10.1 Å². The zero-order valence-corrected chi connectivity index (χ0v) is 15.9. The summed E-state index contributed by atoms with van der Waals surface area (Å²) in [5.74, 6) is 1.21. The number of hydrogen-bond acceptors (Lipinski definition) is 6. The lowest BCUT2D eigenvalue weighted by molar-refractivity contribution is 0.259. The number of rotatable bonds is 3. The second kappa shape index (κ2) is 6.28. The Balaban J connectivity index is 1.57. The van der Waals surface area contributed by atoms with Crippen molar-refractivity contribution >= 4 is 44.6 Å². The van der Waals surface area contributed by atoms with Crippen LogP contribution in [0.2, 0.25) is 0 Å². The van der Waals surface area contributed by atoms with E-state index in [-0.39, 0.29) is 6.03 Å². The van der Waals surface area contributed by atoms with Crippen LogP contribution in [0.4, 0.5) is 21.9 Å². The van der Waals surface area contributed by atoms with Crippen molar-refractivity contribution in [3.05, 3.63) is 59.6 Å². The highest BCUT2D eigenvalue weighted by atomic mass is 32.1. The van der Waals surface area contributed by atoms with E-state index in [4.69, 9.17) is 4.74 Å². The molecule has 4 heterocycles. The van der Waals surface area contributed by atoms with Gasteiger partial charge in [-0.05, 0) is 43.7 Å². The molecule has 7 nitrogen and oxygen atoms in total. The first-order valence-corrected chi connectivity index (χ1v) is 9.46. The normalized spacial score (nSPS) is 12.9. The van der Waals surface area contributed by atoms with E-state index in [1.807, 2.05) is 38.1 Å². The van der Waals surface area contributed by atoms with Crippen molar-refractivity contribution in [3.63, 3.8) is 0 Å². The van der Waals surface area contributed by atoms with E-state index in [1.165, 1.54) is 6.33 Å². The number of anilines is 3. The minimum absolute atomic E-state index is 0.185. The van der Waals surface area contributed by atoms with Gasteiger partial charge >= 0.3 is 6.03 Å². The topological polar surface area (TPSA) is 80.2 Å². The van der Waals surface area contributed by atoms with Gasteiger partial charge in [0, 0.05) is 11.1 Å². The molecule has 0 fully saturated rings. The molecule has 1 aliphatic rings. The fraction of sp³-hybridized carbons (Fsp3) is 0.100. The molecule has 138 valence electrons. The lowest BCUT2D eigenvalue weighted by Gasteiger charge is -2.29. The van der Waals surface area contributed by atoms with Crippen LogP contribution in [0.5, 0.6) is 11.5 Å². The molecule has 0 unspecified atom stereocenters. The zero-order valence-electron chi connectivity index (χ0n) is 15.1. The van der Waals surface area contributed by atoms with Gasteiger partial charge in [-0.25, -0.2) is 19.7 Å². The van der Waals surface area contributed by atoms with Crippen molar-refractivity contribution in [2.45, 2.75) is 13.8 Å². The molecule has 1 N–H and O–H groups in total. The predicted molar refractivity (Wildman–Crippen MR) is 109 cm³/mol. The van der Waals surface area contributed by atoms with Gasteiger partial charge in [-0.15, -0.1) is 11.3 Å². The average Bonchev–Trinajstić information content (AvgIpc) is 3.00. The summed E-state index contributed by atoms with van der Waals surface area (Å²) in [6.07, 6.45) is 6.39. The minimum Gasteiger partial charge on any atom is -0.454 e. The van der Waals surface area contributed by atoms with E-state index in [0.717, 1.165) is 37.7 Å². The maximum absolute atomic E-state index is 12.9. The molecule has 0 aliphatic carbocycles. The first-order chi connectivity index (χ1) is 13.6. The van der Waals surface area contributed by atoms with Gasteiger partial charge in [-0.3, -0.25) is 4.90 Å². The van der Waals surface area contributed by atoms with Crippen LogP contribution < -0.4 is 15.0 Å². The fourth-order valence-electron chi connectivity index (χ4n) is 3.38. The van der Waals surface area contributed by atoms with Crippen LogP contribution >= 0.6 is 11.3 Å². The smallest absolute Gasteiger partial charge is 0.331 e. The number of ether oxygens (including phenoxy) is 1. The summed E-state index contributed by atoms with van der Waals surface area (Å²) in [4.78, 5) is 28.9. The van der Waals surface area contributed by atoms with Crippen LogP contribution in [0.15, 0.2) is 49.2 Å². The highest BCUT2D eigenvalue weighted by Gasteiger charge is 2.30. The van der Waals surface area contributed by atoms with Crippen molar-refractivity contribution < 1.29 is 9.53 Å². The third-order valence-corrected chi connectivity index (χ3v) is 5.62. The van der Waals surface area contributed by atoms with E-state index in [1.54, 1.807) is 34.8 Å². The Morgan fingerprint density at radius 2 is 1.89 bits per heavy atom. The van der Waals surface area contributed by atoms with Gasteiger partial charge in [0.15, 0.2) is 5.75 Å². The minimum atomic E-state index is -0.185. The maximum Gasteiger partial charge on any atom is 0.331 e. The second-order valence-electron chi connectivity index (χ2n) is 6.43. The van der Waals surface area contributed by atoms with Gasteiger partial charge in [0.1, 0.15) is 16.9 Å². The Morgan fingerprint density at radius 3 is 2.68 bits per heavy atom. The van der Waals surface area contributed by atoms with E-state index in [2.05, 4.69) is 20.3 Å². The number of aryl methyl sites for hydroxylation is 2. The summed E-state index contributed by atoms with van der Waals surface area (Å²) in [6.45, 7) is 3.94. The third kappa shape index (κ3) is 2.57. The van der Waals surface area contributed by atoms with Gasteiger partial charge in [-0.2, -0.15) is 0 Å². The van der Waals surface area contributed by atoms with Gasteiger partial charge in [0.25, 0.3) is 0 Å². The Morgan fingerprint density at radius 1 is 1.07 bits per heavy atom. The van der Waals surface area contributed by atoms with Crippen molar-refractivity contribution in [2.75, 3.05) is 10.2 Å². The SMILES string of the molecule is Cc1cc(Oc2cncnc2)ccc1N1C(=O)Nc2c(C)sc3nccc1c23. The molecule has 3 aromatic heterocycles. The molecule has 28 heavy (non-hydrogen) atoms. The van der Waals surface area contributed by atoms with E-state index in [0.29, 0.717) is 11.5 Å². The Bertz CT molecular complexity index is 1220. The second-order valence-corrected chi connectivity index (χ2v) is 7.64. The van der Waals surface area contributed by atoms with Crippen molar-refractivity contribution in [1.29, 1.82) is 0 Å². The van der Waals surface area contributed by atoms with E-state index < -0.39 is 0 Å². The first-order valence-electron chi connectivity index (χ1n) is 8.64. The molecule has 0 saturated carbocycles. The highest BCUT2D eigenvalue weighted by Crippen LogP contribution is 2.46. The number of benzene rings is 1. The molecule has 0 spiro atoms. The van der Waals surface area contributed by atoms with Crippen LogP contribution in [-0.4, -0.2) is 21.0 Å². The molecule has 0 atom stereocenters. The highest BCUT2D eigenvalue weighted by molar-refractivity contribution is 7.19. The van der Waals surface area contributed by atoms with Crippen LogP contribution in [0.25, 0.3) is 10.2 Å². The van der Waals surface area contributed by atoms with E-state index >= 15 is 0 Å². The summed E-state index contributed by atoms with van der Waals surface area (Å²) in [5.41, 5.74) is 3.38. The summed E-state index contributed by atoms with van der Waals surface area (Å²) >= 11 is 1.58. The molecule has 4 aromatic rings. The van der Waals surface area contributed by atoms with Crippen molar-refractivity contribution in [3.8, 4) is 11.5 Å². The monoisotopic (exact) mass is 389 g/mol. The summed E-state index contributed by atoms with van der Waals surface area (Å²) < 4.78 is 5.79. The molecule has 1 aromatic carbocycles. The predicted octanol–water partition coefficient (Wildman–Crippen LogP) is 5.18. The number of nitrogens with one attached hydrogen (secondary N) is 1. The van der Waals surface area contributed by atoms with Crippen LogP contribution in [0.1, 0.15) is 10.4 Å². The largest absolute Gasteiger partial charge is 0.454 e. The first kappa shape index (κ1) is 16.6. The summed E-state index contributed by atoms with van der Waals surface area (Å²) in [6, 6.07) is 7.29. The number of pyridine rings is 1. The average molecular weight is 389 g/mol. The molecule has 1 aliphatic heterocycles. The number of nitrogens with zero attached hydrogens (tertiary/aromatic N) is 4. The number of thiophene rings is 1. The fourth-order valence-corrected chi connectivity index (χ4v) is 4.35. The van der Waals surface area contributed by atoms with Gasteiger partial charge in [-0.1, -0.05) is 0 Å². The lowest BCUT2D eigenvalue weighted by Crippen LogP contribution is -2.34. The number of carbonyl (C=O) groups is 1. The number of urea groups is 1. The number of carbonyl (C=O) groups excluding carboxylic acids is 1. The molecule has 0 bridgehead atoms. The van der Waals surface area contributed by atoms with Crippen LogP contribution in [0.3, 0.4) is 0 Å². The van der Waals surface area contributed by atoms with E-state index in [9.17, 15) is 4.79 Å². The van der Waals surface area contributed by atoms with Gasteiger partial charge in [0.05, 0.1) is 34.8 Å². The van der Waals surface area contributed by atoms with Crippen molar-refractivity contribution in [1.82, 2.24) is 15.0 Å². The van der Waals surface area contributed by atoms with Crippen molar-refractivity contribution in [2.24, 2.45) is 0 Å². The Hall–Kier alpha value is -3.52. The summed E-state index contributed by atoms with van der Waals surface area (Å²) in [7, 11) is 0. The maximum atomic E-state index is 12.9.